The predicted octanol–water partition coefficient (Wildman–Crippen LogP) is 3.26. The van der Waals surface area contributed by atoms with E-state index in [4.69, 9.17) is 9.47 Å². The molecule has 2 aromatic carbocycles. The van der Waals surface area contributed by atoms with E-state index in [-0.39, 0.29) is 11.0 Å². The van der Waals surface area contributed by atoms with E-state index in [1.165, 1.54) is 4.31 Å². The second kappa shape index (κ2) is 8.34. The summed E-state index contributed by atoms with van der Waals surface area (Å²) in [5.41, 5.74) is 1.59. The second-order valence-corrected chi connectivity index (χ2v) is 8.76. The van der Waals surface area contributed by atoms with Gasteiger partial charge in [-0.1, -0.05) is 12.1 Å². The fourth-order valence-corrected chi connectivity index (χ4v) is 4.85. The number of sulfonamides is 1. The molecular weight excluding hydrogens is 390 g/mol. The van der Waals surface area contributed by atoms with Crippen molar-refractivity contribution in [3.63, 3.8) is 0 Å². The highest BCUT2D eigenvalue weighted by Gasteiger charge is 2.30. The summed E-state index contributed by atoms with van der Waals surface area (Å²) in [6.07, 6.45) is 2.73. The molecule has 0 saturated carbocycles. The van der Waals surface area contributed by atoms with Crippen LogP contribution in [0.3, 0.4) is 0 Å². The Bertz CT molecular complexity index is 1080. The van der Waals surface area contributed by atoms with Crippen LogP contribution in [0.15, 0.2) is 59.6 Å². The van der Waals surface area contributed by atoms with Gasteiger partial charge in [-0.3, -0.25) is 0 Å². The molecule has 1 saturated heterocycles. The molecule has 29 heavy (non-hydrogen) atoms. The van der Waals surface area contributed by atoms with Gasteiger partial charge in [-0.25, -0.2) is 18.4 Å². The molecule has 0 radical (unpaired) electrons. The van der Waals surface area contributed by atoms with Crippen molar-refractivity contribution in [2.45, 2.75) is 30.8 Å². The smallest absolute Gasteiger partial charge is 0.243 e. The number of hydrogen-bond donors (Lipinski definition) is 0. The van der Waals surface area contributed by atoms with Gasteiger partial charge in [0.05, 0.1) is 28.7 Å². The van der Waals surface area contributed by atoms with Crippen LogP contribution in [0, 0.1) is 0 Å². The molecule has 2 heterocycles. The first-order valence-electron chi connectivity index (χ1n) is 9.68. The lowest BCUT2D eigenvalue weighted by Gasteiger charge is -2.31. The fraction of sp³-hybridized carbons (Fsp3) is 0.333. The Kier molecular flexibility index (Phi) is 5.64. The third-order valence-electron chi connectivity index (χ3n) is 4.89. The Morgan fingerprint density at radius 2 is 1.72 bits per heavy atom. The Hall–Kier alpha value is -2.71. The van der Waals surface area contributed by atoms with Crippen LogP contribution < -0.4 is 9.47 Å². The summed E-state index contributed by atoms with van der Waals surface area (Å²) in [6.45, 7) is 3.24. The Morgan fingerprint density at radius 3 is 2.41 bits per heavy atom. The van der Waals surface area contributed by atoms with E-state index < -0.39 is 10.0 Å². The Labute approximate surface area is 170 Å². The van der Waals surface area contributed by atoms with Crippen molar-refractivity contribution in [1.29, 1.82) is 0 Å². The van der Waals surface area contributed by atoms with Gasteiger partial charge in [0.1, 0.15) is 11.9 Å². The van der Waals surface area contributed by atoms with E-state index in [9.17, 15) is 8.42 Å². The number of para-hydroxylation sites is 2. The lowest BCUT2D eigenvalue weighted by atomic mass is 10.1. The number of aromatic nitrogens is 2. The predicted molar refractivity (Wildman–Crippen MR) is 110 cm³/mol. The molecule has 1 aromatic heterocycles. The molecule has 0 aliphatic carbocycles. The number of fused-ring (bicyclic) bond motifs is 1. The van der Waals surface area contributed by atoms with Gasteiger partial charge in [0.15, 0.2) is 0 Å². The number of piperidine rings is 1. The molecule has 0 amide bonds. The topological polar surface area (TPSA) is 81.6 Å². The standard InChI is InChI=1S/C21H23N3O4S/c1-2-27-16-7-9-18(10-8-16)29(25,26)24-13-11-17(12-14-24)28-21-15-22-19-5-3-4-6-20(19)23-21/h3-10,15,17H,2,11-14H2,1H3. The summed E-state index contributed by atoms with van der Waals surface area (Å²) in [5.74, 6) is 1.13. The zero-order chi connectivity index (χ0) is 20.3. The summed E-state index contributed by atoms with van der Waals surface area (Å²) < 4.78 is 38.6. The summed E-state index contributed by atoms with van der Waals surface area (Å²) in [6, 6.07) is 14.2. The summed E-state index contributed by atoms with van der Waals surface area (Å²) in [7, 11) is -3.52. The lowest BCUT2D eigenvalue weighted by Crippen LogP contribution is -2.41. The maximum Gasteiger partial charge on any atom is 0.243 e. The van der Waals surface area contributed by atoms with Crippen LogP contribution in [0.4, 0.5) is 0 Å². The molecule has 1 fully saturated rings. The average Bonchev–Trinajstić information content (AvgIpc) is 2.75. The first-order chi connectivity index (χ1) is 14.1. The van der Waals surface area contributed by atoms with Crippen molar-refractivity contribution in [2.75, 3.05) is 19.7 Å². The van der Waals surface area contributed by atoms with Crippen molar-refractivity contribution < 1.29 is 17.9 Å². The number of nitrogens with zero attached hydrogens (tertiary/aromatic N) is 3. The number of ether oxygens (including phenoxy) is 2. The first kappa shape index (κ1) is 19.6. The van der Waals surface area contributed by atoms with Crippen LogP contribution in [-0.4, -0.2) is 48.5 Å². The molecule has 152 valence electrons. The fourth-order valence-electron chi connectivity index (χ4n) is 3.38. The normalized spacial score (nSPS) is 16.0. The summed E-state index contributed by atoms with van der Waals surface area (Å²) >= 11 is 0. The van der Waals surface area contributed by atoms with E-state index in [1.54, 1.807) is 30.5 Å². The van der Waals surface area contributed by atoms with E-state index in [0.717, 1.165) is 11.0 Å². The maximum absolute atomic E-state index is 12.9. The number of hydrogen-bond acceptors (Lipinski definition) is 6. The Morgan fingerprint density at radius 1 is 1.03 bits per heavy atom. The highest BCUT2D eigenvalue weighted by atomic mass is 32.2. The van der Waals surface area contributed by atoms with E-state index >= 15 is 0 Å². The van der Waals surface area contributed by atoms with E-state index in [2.05, 4.69) is 9.97 Å². The van der Waals surface area contributed by atoms with Gasteiger partial charge in [0.2, 0.25) is 15.9 Å². The van der Waals surface area contributed by atoms with Gasteiger partial charge < -0.3 is 9.47 Å². The molecule has 1 aliphatic rings. The average molecular weight is 413 g/mol. The van der Waals surface area contributed by atoms with Crippen LogP contribution in [0.1, 0.15) is 19.8 Å². The van der Waals surface area contributed by atoms with Crippen LogP contribution in [0.25, 0.3) is 11.0 Å². The minimum atomic E-state index is -3.52. The molecule has 1 aliphatic heterocycles. The van der Waals surface area contributed by atoms with Gasteiger partial charge in [-0.15, -0.1) is 0 Å². The van der Waals surface area contributed by atoms with Crippen LogP contribution in [0.2, 0.25) is 0 Å². The lowest BCUT2D eigenvalue weighted by molar-refractivity contribution is 0.130. The molecule has 3 aromatic rings. The zero-order valence-corrected chi connectivity index (χ0v) is 17.0. The monoisotopic (exact) mass is 413 g/mol. The van der Waals surface area contributed by atoms with Gasteiger partial charge in [0, 0.05) is 13.1 Å². The molecule has 4 rings (SSSR count). The van der Waals surface area contributed by atoms with Gasteiger partial charge in [-0.05, 0) is 56.2 Å². The number of benzene rings is 2. The summed E-state index contributed by atoms with van der Waals surface area (Å²) in [5, 5.41) is 0. The highest BCUT2D eigenvalue weighted by Crippen LogP contribution is 2.25. The minimum absolute atomic E-state index is 0.0859. The molecule has 8 heteroatoms. The van der Waals surface area contributed by atoms with E-state index in [0.29, 0.717) is 44.2 Å². The summed E-state index contributed by atoms with van der Waals surface area (Å²) in [4.78, 5) is 9.11. The maximum atomic E-state index is 12.9. The number of rotatable bonds is 6. The molecule has 0 atom stereocenters. The quantitative estimate of drug-likeness (QED) is 0.617. The van der Waals surface area contributed by atoms with E-state index in [1.807, 2.05) is 31.2 Å². The van der Waals surface area contributed by atoms with Crippen molar-refractivity contribution in [3.05, 3.63) is 54.7 Å². The molecule has 0 unspecified atom stereocenters. The largest absolute Gasteiger partial charge is 0.494 e. The molecule has 7 nitrogen and oxygen atoms in total. The van der Waals surface area contributed by atoms with Crippen molar-refractivity contribution >= 4 is 21.1 Å². The van der Waals surface area contributed by atoms with Gasteiger partial charge >= 0.3 is 0 Å². The highest BCUT2D eigenvalue weighted by molar-refractivity contribution is 7.89. The van der Waals surface area contributed by atoms with Crippen molar-refractivity contribution in [3.8, 4) is 11.6 Å². The third kappa shape index (κ3) is 4.33. The SMILES string of the molecule is CCOc1ccc(S(=O)(=O)N2CCC(Oc3cnc4ccccc4n3)CC2)cc1. The second-order valence-electron chi connectivity index (χ2n) is 6.82. The molecule has 0 N–H and O–H groups in total. The Balaban J connectivity index is 1.39. The molecular formula is C21H23N3O4S. The minimum Gasteiger partial charge on any atom is -0.494 e. The third-order valence-corrected chi connectivity index (χ3v) is 6.80. The zero-order valence-electron chi connectivity index (χ0n) is 16.2. The molecule has 0 bridgehead atoms. The first-order valence-corrected chi connectivity index (χ1v) is 11.1. The molecule has 0 spiro atoms. The van der Waals surface area contributed by atoms with Crippen LogP contribution in [0.5, 0.6) is 11.6 Å². The van der Waals surface area contributed by atoms with Crippen LogP contribution in [-0.2, 0) is 10.0 Å². The van der Waals surface area contributed by atoms with Crippen LogP contribution >= 0.6 is 0 Å². The van der Waals surface area contributed by atoms with Crippen molar-refractivity contribution in [2.24, 2.45) is 0 Å². The van der Waals surface area contributed by atoms with Gasteiger partial charge in [0.25, 0.3) is 0 Å². The van der Waals surface area contributed by atoms with Crippen molar-refractivity contribution in [1.82, 2.24) is 14.3 Å². The van der Waals surface area contributed by atoms with Gasteiger partial charge in [-0.2, -0.15) is 4.31 Å².